The number of benzene rings is 1. The quantitative estimate of drug-likeness (QED) is 0.906. The fourth-order valence-electron chi connectivity index (χ4n) is 2.73. The third-order valence-corrected chi connectivity index (χ3v) is 4.18. The van der Waals surface area contributed by atoms with Crippen LogP contribution in [-0.2, 0) is 11.2 Å². The number of hydrogen-bond acceptors (Lipinski definition) is 3. The van der Waals surface area contributed by atoms with Gasteiger partial charge in [-0.1, -0.05) is 23.8 Å². The predicted octanol–water partition coefficient (Wildman–Crippen LogP) is 1.55. The third-order valence-electron chi connectivity index (χ3n) is 4.18. The minimum absolute atomic E-state index is 0.413. The smallest absolute Gasteiger partial charge is 0.321 e. The number of carboxylic acid groups (broad SMARTS) is 1. The molecule has 110 valence electrons. The summed E-state index contributed by atoms with van der Waals surface area (Å²) in [5.74, 6) is -0.713. The zero-order chi connectivity index (χ0) is 14.7. The number of carboxylic acids is 1. The highest BCUT2D eigenvalue weighted by atomic mass is 16.4. The summed E-state index contributed by atoms with van der Waals surface area (Å²) in [4.78, 5) is 16.0. The first-order chi connectivity index (χ1) is 9.47. The molecule has 1 heterocycles. The summed E-state index contributed by atoms with van der Waals surface area (Å²) in [5.41, 5.74) is 3.51. The van der Waals surface area contributed by atoms with Crippen LogP contribution in [0.15, 0.2) is 18.2 Å². The summed E-state index contributed by atoms with van der Waals surface area (Å²) in [7, 11) is 2.08. The molecule has 0 aliphatic carbocycles. The van der Waals surface area contributed by atoms with Gasteiger partial charge in [-0.15, -0.1) is 0 Å². The summed E-state index contributed by atoms with van der Waals surface area (Å²) in [5, 5.41) is 9.56. The van der Waals surface area contributed by atoms with Crippen LogP contribution in [0.3, 0.4) is 0 Å². The molecule has 4 nitrogen and oxygen atoms in total. The third kappa shape index (κ3) is 3.58. The molecular weight excluding hydrogens is 252 g/mol. The van der Waals surface area contributed by atoms with Crippen molar-refractivity contribution in [2.24, 2.45) is 0 Å². The Hall–Kier alpha value is -1.39. The van der Waals surface area contributed by atoms with Crippen LogP contribution in [0.1, 0.15) is 16.7 Å². The second-order valence-electron chi connectivity index (χ2n) is 5.83. The van der Waals surface area contributed by atoms with E-state index in [4.69, 9.17) is 0 Å². The van der Waals surface area contributed by atoms with Gasteiger partial charge in [-0.25, -0.2) is 0 Å². The number of rotatable bonds is 4. The molecule has 4 heteroatoms. The van der Waals surface area contributed by atoms with Gasteiger partial charge in [0.2, 0.25) is 0 Å². The van der Waals surface area contributed by atoms with E-state index in [0.717, 1.165) is 31.7 Å². The highest BCUT2D eigenvalue weighted by Gasteiger charge is 2.28. The number of carbonyl (C=O) groups is 1. The van der Waals surface area contributed by atoms with E-state index in [2.05, 4.69) is 48.9 Å². The lowest BCUT2D eigenvalue weighted by Gasteiger charge is -2.36. The maximum Gasteiger partial charge on any atom is 0.321 e. The molecule has 0 spiro atoms. The van der Waals surface area contributed by atoms with Gasteiger partial charge in [-0.2, -0.15) is 0 Å². The average Bonchev–Trinajstić information content (AvgIpc) is 2.40. The van der Waals surface area contributed by atoms with E-state index >= 15 is 0 Å². The van der Waals surface area contributed by atoms with Gasteiger partial charge >= 0.3 is 5.97 Å². The van der Waals surface area contributed by atoms with Crippen LogP contribution in [0.5, 0.6) is 0 Å². The number of hydrogen-bond donors (Lipinski definition) is 1. The molecule has 1 aliphatic heterocycles. The first-order valence-electron chi connectivity index (χ1n) is 7.19. The Labute approximate surface area is 121 Å². The monoisotopic (exact) mass is 276 g/mol. The Balaban J connectivity index is 2.13. The van der Waals surface area contributed by atoms with Gasteiger partial charge in [0.25, 0.3) is 0 Å². The van der Waals surface area contributed by atoms with Gasteiger partial charge in [-0.3, -0.25) is 9.69 Å². The van der Waals surface area contributed by atoms with Crippen LogP contribution in [-0.4, -0.2) is 60.1 Å². The molecule has 0 saturated carbocycles. The molecular formula is C16H24N2O2. The van der Waals surface area contributed by atoms with Gasteiger partial charge in [-0.05, 0) is 38.4 Å². The van der Waals surface area contributed by atoms with Gasteiger partial charge in [0.1, 0.15) is 6.04 Å². The molecule has 0 bridgehead atoms. The number of likely N-dealkylation sites (N-methyl/N-ethyl adjacent to an activating group) is 1. The van der Waals surface area contributed by atoms with Crippen LogP contribution in [0.25, 0.3) is 0 Å². The predicted molar refractivity (Wildman–Crippen MR) is 80.1 cm³/mol. The standard InChI is InChI=1S/C16H24N2O2/c1-12-4-5-13(2)14(10-12)11-15(16(19)20)18-8-6-17(3)7-9-18/h4-5,10,15H,6-9,11H2,1-3H3,(H,19,20)/t15-/m0/s1. The van der Waals surface area contributed by atoms with Gasteiger partial charge in [0.05, 0.1) is 0 Å². The van der Waals surface area contributed by atoms with Crippen molar-refractivity contribution >= 4 is 5.97 Å². The normalized spacial score (nSPS) is 18.9. The second kappa shape index (κ2) is 6.37. The van der Waals surface area contributed by atoms with E-state index in [0.29, 0.717) is 6.42 Å². The lowest BCUT2D eigenvalue weighted by Crippen LogP contribution is -2.52. The van der Waals surface area contributed by atoms with Crippen molar-refractivity contribution in [1.29, 1.82) is 0 Å². The molecule has 20 heavy (non-hydrogen) atoms. The first-order valence-corrected chi connectivity index (χ1v) is 7.19. The van der Waals surface area contributed by atoms with Crippen molar-refractivity contribution in [3.63, 3.8) is 0 Å². The van der Waals surface area contributed by atoms with E-state index in [1.54, 1.807) is 0 Å². The summed E-state index contributed by atoms with van der Waals surface area (Å²) in [6.07, 6.45) is 0.590. The molecule has 1 fully saturated rings. The highest BCUT2D eigenvalue weighted by Crippen LogP contribution is 2.17. The molecule has 0 aromatic heterocycles. The van der Waals surface area contributed by atoms with Crippen LogP contribution in [0.4, 0.5) is 0 Å². The molecule has 1 atom stereocenters. The topological polar surface area (TPSA) is 43.8 Å². The molecule has 1 aliphatic rings. The molecule has 1 saturated heterocycles. The number of aryl methyl sites for hydroxylation is 2. The van der Waals surface area contributed by atoms with Gasteiger partial charge < -0.3 is 10.0 Å². The zero-order valence-corrected chi connectivity index (χ0v) is 12.6. The number of nitrogens with zero attached hydrogens (tertiary/aromatic N) is 2. The number of piperazine rings is 1. The fraction of sp³-hybridized carbons (Fsp3) is 0.562. The summed E-state index contributed by atoms with van der Waals surface area (Å²) >= 11 is 0. The molecule has 0 amide bonds. The van der Waals surface area contributed by atoms with Crippen molar-refractivity contribution in [1.82, 2.24) is 9.80 Å². The minimum atomic E-state index is -0.713. The Bertz CT molecular complexity index is 479. The lowest BCUT2D eigenvalue weighted by molar-refractivity contribution is -0.144. The van der Waals surface area contributed by atoms with Crippen LogP contribution in [0, 0.1) is 13.8 Å². The number of aliphatic carboxylic acids is 1. The Morgan fingerprint density at radius 1 is 1.25 bits per heavy atom. The molecule has 1 N–H and O–H groups in total. The Morgan fingerprint density at radius 2 is 1.90 bits per heavy atom. The zero-order valence-electron chi connectivity index (χ0n) is 12.6. The second-order valence-corrected chi connectivity index (χ2v) is 5.83. The Morgan fingerprint density at radius 3 is 2.50 bits per heavy atom. The molecule has 0 unspecified atom stereocenters. The maximum atomic E-state index is 11.6. The van der Waals surface area contributed by atoms with Crippen molar-refractivity contribution < 1.29 is 9.90 Å². The largest absolute Gasteiger partial charge is 0.480 e. The minimum Gasteiger partial charge on any atom is -0.480 e. The van der Waals surface area contributed by atoms with Crippen molar-refractivity contribution in [2.75, 3.05) is 33.2 Å². The van der Waals surface area contributed by atoms with Gasteiger partial charge in [0.15, 0.2) is 0 Å². The SMILES string of the molecule is Cc1ccc(C)c(C[C@@H](C(=O)O)N2CCN(C)CC2)c1. The average molecular weight is 276 g/mol. The molecule has 2 rings (SSSR count). The lowest BCUT2D eigenvalue weighted by atomic mass is 9.98. The molecule has 1 aromatic carbocycles. The molecule has 1 aromatic rings. The highest BCUT2D eigenvalue weighted by molar-refractivity contribution is 5.74. The summed E-state index contributed by atoms with van der Waals surface area (Å²) in [6.45, 7) is 7.65. The van der Waals surface area contributed by atoms with E-state index < -0.39 is 12.0 Å². The van der Waals surface area contributed by atoms with Gasteiger partial charge in [0, 0.05) is 26.2 Å². The van der Waals surface area contributed by atoms with Crippen molar-refractivity contribution in [3.8, 4) is 0 Å². The first kappa shape index (κ1) is 15.0. The Kier molecular flexibility index (Phi) is 4.78. The van der Waals surface area contributed by atoms with Crippen LogP contribution >= 0.6 is 0 Å². The maximum absolute atomic E-state index is 11.6. The molecule has 0 radical (unpaired) electrons. The summed E-state index contributed by atoms with van der Waals surface area (Å²) < 4.78 is 0. The van der Waals surface area contributed by atoms with E-state index in [1.807, 2.05) is 0 Å². The van der Waals surface area contributed by atoms with Crippen molar-refractivity contribution in [3.05, 3.63) is 34.9 Å². The fourth-order valence-corrected chi connectivity index (χ4v) is 2.73. The van der Waals surface area contributed by atoms with Crippen molar-refractivity contribution in [2.45, 2.75) is 26.3 Å². The van der Waals surface area contributed by atoms with E-state index in [-0.39, 0.29) is 0 Å². The summed E-state index contributed by atoms with van der Waals surface area (Å²) in [6, 6.07) is 5.85. The van der Waals surface area contributed by atoms with Crippen LogP contribution < -0.4 is 0 Å². The van der Waals surface area contributed by atoms with E-state index in [9.17, 15) is 9.90 Å². The van der Waals surface area contributed by atoms with Crippen LogP contribution in [0.2, 0.25) is 0 Å². The van der Waals surface area contributed by atoms with E-state index in [1.165, 1.54) is 11.1 Å².